The molecule has 0 aliphatic carbocycles. The number of carbonyl (C=O) groups is 1. The maximum Gasteiger partial charge on any atom is 0.258 e. The zero-order valence-corrected chi connectivity index (χ0v) is 17.4. The van der Waals surface area contributed by atoms with Gasteiger partial charge in [-0.25, -0.2) is 13.1 Å². The van der Waals surface area contributed by atoms with Crippen molar-refractivity contribution in [1.29, 1.82) is 0 Å². The first kappa shape index (κ1) is 21.5. The van der Waals surface area contributed by atoms with Crippen molar-refractivity contribution in [3.63, 3.8) is 0 Å². The summed E-state index contributed by atoms with van der Waals surface area (Å²) in [4.78, 5) is 12.2. The molecule has 0 aliphatic heterocycles. The number of sulfonamides is 1. The lowest BCUT2D eigenvalue weighted by molar-refractivity contribution is -0.123. The summed E-state index contributed by atoms with van der Waals surface area (Å²) in [5, 5.41) is 2.86. The third-order valence-electron chi connectivity index (χ3n) is 4.49. The van der Waals surface area contributed by atoms with Crippen molar-refractivity contribution >= 4 is 15.9 Å². The van der Waals surface area contributed by atoms with Crippen LogP contribution in [0.25, 0.3) is 0 Å². The molecular formula is C23H24N2O4S. The zero-order chi connectivity index (χ0) is 21.4. The van der Waals surface area contributed by atoms with Crippen LogP contribution >= 0.6 is 0 Å². The molecule has 0 unspecified atom stereocenters. The molecule has 0 spiro atoms. The van der Waals surface area contributed by atoms with Crippen LogP contribution in [-0.4, -0.2) is 20.9 Å². The Morgan fingerprint density at radius 2 is 1.50 bits per heavy atom. The molecule has 0 aromatic heterocycles. The fourth-order valence-electron chi connectivity index (χ4n) is 2.83. The summed E-state index contributed by atoms with van der Waals surface area (Å²) in [6, 6.07) is 24.7. The van der Waals surface area contributed by atoms with Crippen LogP contribution in [0, 0.1) is 0 Å². The molecule has 1 amide bonds. The van der Waals surface area contributed by atoms with E-state index in [4.69, 9.17) is 4.74 Å². The summed E-state index contributed by atoms with van der Waals surface area (Å²) in [5.41, 5.74) is 1.88. The molecule has 0 bridgehead atoms. The first-order chi connectivity index (χ1) is 14.4. The van der Waals surface area contributed by atoms with E-state index >= 15 is 0 Å². The molecule has 3 aromatic carbocycles. The van der Waals surface area contributed by atoms with E-state index in [1.807, 2.05) is 67.6 Å². The Morgan fingerprint density at radius 3 is 2.13 bits per heavy atom. The molecule has 3 aromatic rings. The SMILES string of the molecule is C[C@@H](NC(=O)COc1ccc(S(=O)(=O)NCc2ccccc2)cc1)c1ccccc1. The molecule has 3 rings (SSSR count). The number of amides is 1. The second kappa shape index (κ2) is 10.0. The molecule has 0 saturated heterocycles. The molecule has 6 nitrogen and oxygen atoms in total. The first-order valence-electron chi connectivity index (χ1n) is 9.55. The minimum absolute atomic E-state index is 0.132. The van der Waals surface area contributed by atoms with E-state index in [1.165, 1.54) is 24.3 Å². The van der Waals surface area contributed by atoms with E-state index in [2.05, 4.69) is 10.0 Å². The Bertz CT molecular complexity index is 1050. The highest BCUT2D eigenvalue weighted by molar-refractivity contribution is 7.89. The number of benzene rings is 3. The Labute approximate surface area is 177 Å². The summed E-state index contributed by atoms with van der Waals surface area (Å²) in [7, 11) is -3.64. The molecule has 7 heteroatoms. The third kappa shape index (κ3) is 6.17. The van der Waals surface area contributed by atoms with Crippen LogP contribution in [0.3, 0.4) is 0 Å². The quantitative estimate of drug-likeness (QED) is 0.551. The van der Waals surface area contributed by atoms with Gasteiger partial charge < -0.3 is 10.1 Å². The number of rotatable bonds is 9. The number of carbonyl (C=O) groups excluding carboxylic acids is 1. The third-order valence-corrected chi connectivity index (χ3v) is 5.91. The summed E-state index contributed by atoms with van der Waals surface area (Å²) >= 11 is 0. The Morgan fingerprint density at radius 1 is 0.900 bits per heavy atom. The van der Waals surface area contributed by atoms with Gasteiger partial charge >= 0.3 is 0 Å². The van der Waals surface area contributed by atoms with Crippen LogP contribution in [0.4, 0.5) is 0 Å². The second-order valence-corrected chi connectivity index (χ2v) is 8.54. The number of nitrogens with one attached hydrogen (secondary N) is 2. The average Bonchev–Trinajstić information content (AvgIpc) is 2.78. The molecule has 1 atom stereocenters. The molecule has 0 aliphatic rings. The van der Waals surface area contributed by atoms with Crippen LogP contribution in [-0.2, 0) is 21.4 Å². The second-order valence-electron chi connectivity index (χ2n) is 6.77. The van der Waals surface area contributed by atoms with E-state index in [9.17, 15) is 13.2 Å². The van der Waals surface area contributed by atoms with Gasteiger partial charge in [0.25, 0.3) is 5.91 Å². The molecular weight excluding hydrogens is 400 g/mol. The van der Waals surface area contributed by atoms with Gasteiger partial charge in [-0.1, -0.05) is 60.7 Å². The fraction of sp³-hybridized carbons (Fsp3) is 0.174. The lowest BCUT2D eigenvalue weighted by Gasteiger charge is -2.14. The van der Waals surface area contributed by atoms with E-state index in [-0.39, 0.29) is 30.0 Å². The zero-order valence-electron chi connectivity index (χ0n) is 16.6. The van der Waals surface area contributed by atoms with Crippen LogP contribution in [0.2, 0.25) is 0 Å². The van der Waals surface area contributed by atoms with Gasteiger partial charge in [0, 0.05) is 6.54 Å². The Hall–Kier alpha value is -3.16. The van der Waals surface area contributed by atoms with Crippen LogP contribution in [0.1, 0.15) is 24.1 Å². The van der Waals surface area contributed by atoms with Crippen LogP contribution in [0.15, 0.2) is 89.8 Å². The predicted molar refractivity (Wildman–Crippen MR) is 115 cm³/mol. The van der Waals surface area contributed by atoms with Crippen molar-refractivity contribution in [3.05, 3.63) is 96.1 Å². The van der Waals surface area contributed by atoms with E-state index in [0.29, 0.717) is 5.75 Å². The molecule has 0 saturated carbocycles. The lowest BCUT2D eigenvalue weighted by atomic mass is 10.1. The van der Waals surface area contributed by atoms with Crippen molar-refractivity contribution in [2.24, 2.45) is 0 Å². The van der Waals surface area contributed by atoms with E-state index < -0.39 is 10.0 Å². The molecule has 156 valence electrons. The fourth-order valence-corrected chi connectivity index (χ4v) is 3.85. The first-order valence-corrected chi connectivity index (χ1v) is 11.0. The summed E-state index contributed by atoms with van der Waals surface area (Å²) in [5.74, 6) is 0.159. The lowest BCUT2D eigenvalue weighted by Crippen LogP contribution is -2.31. The van der Waals surface area contributed by atoms with Gasteiger partial charge in [0.15, 0.2) is 6.61 Å². The summed E-state index contributed by atoms with van der Waals surface area (Å²) in [6.07, 6.45) is 0. The normalized spacial score (nSPS) is 12.2. The Kier molecular flexibility index (Phi) is 7.21. The van der Waals surface area contributed by atoms with Crippen molar-refractivity contribution < 1.29 is 17.9 Å². The van der Waals surface area contributed by atoms with Gasteiger partial charge in [0.1, 0.15) is 5.75 Å². The molecule has 30 heavy (non-hydrogen) atoms. The standard InChI is InChI=1S/C23H24N2O4S/c1-18(20-10-6-3-7-11-20)25-23(26)17-29-21-12-14-22(15-13-21)30(27,28)24-16-19-8-4-2-5-9-19/h2-15,18,24H,16-17H2,1H3,(H,25,26)/t18-/m1/s1. The molecule has 0 heterocycles. The van der Waals surface area contributed by atoms with Gasteiger partial charge in [-0.05, 0) is 42.3 Å². The maximum absolute atomic E-state index is 12.4. The highest BCUT2D eigenvalue weighted by Gasteiger charge is 2.14. The van der Waals surface area contributed by atoms with Crippen molar-refractivity contribution in [2.75, 3.05) is 6.61 Å². The van der Waals surface area contributed by atoms with Crippen molar-refractivity contribution in [3.8, 4) is 5.75 Å². The van der Waals surface area contributed by atoms with Crippen molar-refractivity contribution in [1.82, 2.24) is 10.0 Å². The monoisotopic (exact) mass is 424 g/mol. The van der Waals surface area contributed by atoms with E-state index in [0.717, 1.165) is 11.1 Å². The maximum atomic E-state index is 12.4. The van der Waals surface area contributed by atoms with Gasteiger partial charge in [-0.2, -0.15) is 0 Å². The summed E-state index contributed by atoms with van der Waals surface area (Å²) < 4.78 is 32.9. The van der Waals surface area contributed by atoms with Crippen molar-refractivity contribution in [2.45, 2.75) is 24.4 Å². The minimum atomic E-state index is -3.64. The predicted octanol–water partition coefficient (Wildman–Crippen LogP) is 3.42. The van der Waals surface area contributed by atoms with Gasteiger partial charge in [-0.15, -0.1) is 0 Å². The van der Waals surface area contributed by atoms with E-state index in [1.54, 1.807) is 0 Å². The highest BCUT2D eigenvalue weighted by Crippen LogP contribution is 2.17. The summed E-state index contributed by atoms with van der Waals surface area (Å²) in [6.45, 7) is 1.95. The van der Waals surface area contributed by atoms with Crippen LogP contribution in [0.5, 0.6) is 5.75 Å². The average molecular weight is 425 g/mol. The largest absolute Gasteiger partial charge is 0.484 e. The van der Waals surface area contributed by atoms with Crippen LogP contribution < -0.4 is 14.8 Å². The number of ether oxygens (including phenoxy) is 1. The van der Waals surface area contributed by atoms with Gasteiger partial charge in [0.2, 0.25) is 10.0 Å². The highest BCUT2D eigenvalue weighted by atomic mass is 32.2. The number of hydrogen-bond acceptors (Lipinski definition) is 4. The smallest absolute Gasteiger partial charge is 0.258 e. The Balaban J connectivity index is 1.50. The molecule has 0 fully saturated rings. The molecule has 0 radical (unpaired) electrons. The topological polar surface area (TPSA) is 84.5 Å². The van der Waals surface area contributed by atoms with Gasteiger partial charge in [0.05, 0.1) is 10.9 Å². The number of hydrogen-bond donors (Lipinski definition) is 2. The minimum Gasteiger partial charge on any atom is -0.484 e. The molecule has 2 N–H and O–H groups in total. The van der Waals surface area contributed by atoms with Gasteiger partial charge in [-0.3, -0.25) is 4.79 Å².